The van der Waals surface area contributed by atoms with Crippen LogP contribution in [0.25, 0.3) is 22.4 Å². The molecule has 3 heterocycles. The van der Waals surface area contributed by atoms with Crippen molar-refractivity contribution < 1.29 is 9.47 Å². The van der Waals surface area contributed by atoms with Crippen molar-refractivity contribution >= 4 is 22.4 Å². The van der Waals surface area contributed by atoms with Gasteiger partial charge in [-0.3, -0.25) is 9.78 Å². The number of fused-ring (bicyclic) bond motifs is 1. The van der Waals surface area contributed by atoms with Crippen molar-refractivity contribution in [3.05, 3.63) is 63.2 Å². The number of ether oxygens (including phenoxy) is 2. The van der Waals surface area contributed by atoms with Crippen LogP contribution < -0.4 is 19.6 Å². The predicted octanol–water partition coefficient (Wildman–Crippen LogP) is 1.78. The quantitative estimate of drug-likeness (QED) is 0.548. The third-order valence-electron chi connectivity index (χ3n) is 3.84. The van der Waals surface area contributed by atoms with Crippen molar-refractivity contribution in [3.8, 4) is 22.9 Å². The van der Waals surface area contributed by atoms with Crippen LogP contribution in [-0.2, 0) is 0 Å². The van der Waals surface area contributed by atoms with E-state index in [1.165, 1.54) is 15.9 Å². The van der Waals surface area contributed by atoms with E-state index < -0.39 is 0 Å². The van der Waals surface area contributed by atoms with Gasteiger partial charge in [0.2, 0.25) is 4.96 Å². The zero-order valence-corrected chi connectivity index (χ0v) is 14.9. The lowest BCUT2D eigenvalue weighted by molar-refractivity contribution is 0.402. The van der Waals surface area contributed by atoms with Crippen LogP contribution in [0.1, 0.15) is 5.56 Å². The van der Waals surface area contributed by atoms with E-state index in [0.717, 1.165) is 11.1 Å². The second-order valence-electron chi connectivity index (χ2n) is 5.39. The first-order valence-electron chi connectivity index (χ1n) is 7.73. The summed E-state index contributed by atoms with van der Waals surface area (Å²) in [6.45, 7) is 0. The van der Waals surface area contributed by atoms with E-state index in [4.69, 9.17) is 9.47 Å². The molecule has 7 nitrogen and oxygen atoms in total. The molecule has 0 aliphatic heterocycles. The molecule has 0 unspecified atom stereocenters. The Balaban J connectivity index is 1.84. The van der Waals surface area contributed by atoms with E-state index in [1.54, 1.807) is 57.0 Å². The Bertz CT molecular complexity index is 1180. The van der Waals surface area contributed by atoms with Gasteiger partial charge in [0.25, 0.3) is 5.56 Å². The third kappa shape index (κ3) is 2.80. The largest absolute Gasteiger partial charge is 0.497 e. The Morgan fingerprint density at radius 1 is 1.12 bits per heavy atom. The number of hydrogen-bond donors (Lipinski definition) is 0. The van der Waals surface area contributed by atoms with Gasteiger partial charge in [0, 0.05) is 23.5 Å². The van der Waals surface area contributed by atoms with Crippen LogP contribution in [0.15, 0.2) is 47.5 Å². The van der Waals surface area contributed by atoms with E-state index >= 15 is 0 Å². The topological polar surface area (TPSA) is 78.6 Å². The van der Waals surface area contributed by atoms with Crippen LogP contribution in [0.5, 0.6) is 11.5 Å². The smallest absolute Gasteiger partial charge is 0.291 e. The molecule has 0 aliphatic rings. The van der Waals surface area contributed by atoms with Crippen LogP contribution in [-0.4, -0.2) is 33.8 Å². The highest BCUT2D eigenvalue weighted by Gasteiger charge is 2.12. The molecule has 0 saturated carbocycles. The molecule has 0 amide bonds. The Hall–Kier alpha value is -3.26. The second kappa shape index (κ2) is 6.57. The van der Waals surface area contributed by atoms with E-state index in [9.17, 15) is 4.79 Å². The molecule has 0 spiro atoms. The Kier molecular flexibility index (Phi) is 4.10. The molecule has 0 N–H and O–H groups in total. The van der Waals surface area contributed by atoms with Gasteiger partial charge in [-0.15, -0.1) is 5.10 Å². The minimum absolute atomic E-state index is 0.220. The van der Waals surface area contributed by atoms with Crippen molar-refractivity contribution in [2.24, 2.45) is 0 Å². The van der Waals surface area contributed by atoms with Crippen molar-refractivity contribution in [1.29, 1.82) is 0 Å². The molecular weight excluding hydrogens is 352 g/mol. The summed E-state index contributed by atoms with van der Waals surface area (Å²) in [5, 5.41) is 4.32. The number of thiazole rings is 1. The summed E-state index contributed by atoms with van der Waals surface area (Å²) in [6, 6.07) is 9.03. The lowest BCUT2D eigenvalue weighted by Gasteiger charge is -2.06. The highest BCUT2D eigenvalue weighted by Crippen LogP contribution is 2.24. The van der Waals surface area contributed by atoms with Crippen LogP contribution >= 0.6 is 11.3 Å². The minimum atomic E-state index is -0.220. The Morgan fingerprint density at radius 2 is 1.92 bits per heavy atom. The highest BCUT2D eigenvalue weighted by molar-refractivity contribution is 7.15. The number of nitrogens with zero attached hydrogens (tertiary/aromatic N) is 4. The van der Waals surface area contributed by atoms with Gasteiger partial charge in [-0.2, -0.15) is 9.50 Å². The molecule has 1 aromatic carbocycles. The summed E-state index contributed by atoms with van der Waals surface area (Å²) < 4.78 is 12.4. The maximum Gasteiger partial charge on any atom is 0.291 e. The normalized spacial score (nSPS) is 11.8. The first-order valence-corrected chi connectivity index (χ1v) is 8.55. The molecule has 26 heavy (non-hydrogen) atoms. The highest BCUT2D eigenvalue weighted by atomic mass is 32.1. The van der Waals surface area contributed by atoms with Crippen LogP contribution in [0, 0.1) is 0 Å². The molecule has 4 aromatic rings. The van der Waals surface area contributed by atoms with Crippen molar-refractivity contribution in [1.82, 2.24) is 19.6 Å². The molecular formula is C18H14N4O3S. The fourth-order valence-electron chi connectivity index (χ4n) is 2.55. The summed E-state index contributed by atoms with van der Waals surface area (Å²) in [6.07, 6.45) is 5.09. The van der Waals surface area contributed by atoms with Crippen LogP contribution in [0.4, 0.5) is 0 Å². The number of hydrogen-bond acceptors (Lipinski definition) is 7. The van der Waals surface area contributed by atoms with Gasteiger partial charge in [0.05, 0.1) is 18.8 Å². The summed E-state index contributed by atoms with van der Waals surface area (Å²) in [7, 11) is 3.18. The second-order valence-corrected chi connectivity index (χ2v) is 6.40. The minimum Gasteiger partial charge on any atom is -0.497 e. The first-order chi connectivity index (χ1) is 12.7. The lowest BCUT2D eigenvalue weighted by atomic mass is 10.2. The monoisotopic (exact) mass is 366 g/mol. The van der Waals surface area contributed by atoms with Gasteiger partial charge in [-0.25, -0.2) is 0 Å². The van der Waals surface area contributed by atoms with Crippen molar-refractivity contribution in [3.63, 3.8) is 0 Å². The Morgan fingerprint density at radius 3 is 2.62 bits per heavy atom. The molecule has 3 aromatic heterocycles. The molecule has 4 rings (SSSR count). The van der Waals surface area contributed by atoms with E-state index in [-0.39, 0.29) is 5.56 Å². The van der Waals surface area contributed by atoms with E-state index in [2.05, 4.69) is 15.1 Å². The van der Waals surface area contributed by atoms with Gasteiger partial charge >= 0.3 is 0 Å². The third-order valence-corrected chi connectivity index (χ3v) is 4.80. The van der Waals surface area contributed by atoms with Crippen molar-refractivity contribution in [2.45, 2.75) is 0 Å². The molecule has 130 valence electrons. The Labute approximate surface area is 152 Å². The maximum atomic E-state index is 12.7. The van der Waals surface area contributed by atoms with Gasteiger partial charge in [-0.05, 0) is 36.4 Å². The molecule has 0 atom stereocenters. The molecule has 0 radical (unpaired) electrons. The maximum absolute atomic E-state index is 12.7. The van der Waals surface area contributed by atoms with Gasteiger partial charge in [0.15, 0.2) is 5.82 Å². The SMILES string of the molecule is COc1ccc(OC)c(/C=c2\sc3nc(-c4ccncc4)nn3c2=O)c1. The zero-order valence-electron chi connectivity index (χ0n) is 14.0. The number of benzene rings is 1. The average molecular weight is 366 g/mol. The molecule has 0 fully saturated rings. The number of rotatable bonds is 4. The molecule has 0 aliphatic carbocycles. The fourth-order valence-corrected chi connectivity index (χ4v) is 3.45. The molecule has 8 heteroatoms. The molecule has 0 bridgehead atoms. The van der Waals surface area contributed by atoms with E-state index in [0.29, 0.717) is 26.8 Å². The number of methoxy groups -OCH3 is 2. The summed E-state index contributed by atoms with van der Waals surface area (Å²) >= 11 is 1.28. The number of pyridine rings is 1. The molecule has 0 saturated heterocycles. The van der Waals surface area contributed by atoms with Gasteiger partial charge < -0.3 is 9.47 Å². The van der Waals surface area contributed by atoms with Gasteiger partial charge in [0.1, 0.15) is 11.5 Å². The zero-order chi connectivity index (χ0) is 18.1. The van der Waals surface area contributed by atoms with E-state index in [1.807, 2.05) is 6.07 Å². The first kappa shape index (κ1) is 16.2. The van der Waals surface area contributed by atoms with Crippen LogP contribution in [0.2, 0.25) is 0 Å². The summed E-state index contributed by atoms with van der Waals surface area (Å²) in [4.78, 5) is 21.6. The van der Waals surface area contributed by atoms with Crippen molar-refractivity contribution in [2.75, 3.05) is 14.2 Å². The predicted molar refractivity (Wildman–Crippen MR) is 98.7 cm³/mol. The number of aromatic nitrogens is 4. The average Bonchev–Trinajstić information content (AvgIpc) is 3.22. The summed E-state index contributed by atoms with van der Waals surface area (Å²) in [5.41, 5.74) is 1.35. The summed E-state index contributed by atoms with van der Waals surface area (Å²) in [5.74, 6) is 1.84. The fraction of sp³-hybridized carbons (Fsp3) is 0.111. The van der Waals surface area contributed by atoms with Crippen LogP contribution in [0.3, 0.4) is 0 Å². The lowest BCUT2D eigenvalue weighted by Crippen LogP contribution is -2.23. The van der Waals surface area contributed by atoms with Gasteiger partial charge in [-0.1, -0.05) is 11.3 Å². The standard InChI is InChI=1S/C18H14N4O3S/c1-24-13-3-4-14(25-2)12(9-13)10-15-17(23)22-18(26-15)20-16(21-22)11-5-7-19-8-6-11/h3-10H,1-2H3/b15-10-.